The maximum absolute atomic E-state index is 10.5. The maximum atomic E-state index is 10.5. The Morgan fingerprint density at radius 3 is 2.64 bits per heavy atom. The number of rotatable bonds is 3. The number of aromatic nitrogens is 2. The average molecular weight is 198 g/mol. The molecule has 0 unspecified atom stereocenters. The molecule has 2 N–H and O–H groups in total. The van der Waals surface area contributed by atoms with E-state index in [4.69, 9.17) is 5.73 Å². The molecule has 0 fully saturated rings. The highest BCUT2D eigenvalue weighted by Gasteiger charge is 2.25. The number of aryl methyl sites for hydroxylation is 1. The lowest BCUT2D eigenvalue weighted by Gasteiger charge is -2.24. The Balaban J connectivity index is 3.17. The Hall–Kier alpha value is -1.43. The largest absolute Gasteiger partial charge is 0.381 e. The van der Waals surface area contributed by atoms with Crippen LogP contribution in [0.15, 0.2) is 6.20 Å². The first-order valence-corrected chi connectivity index (χ1v) is 4.29. The Morgan fingerprint density at radius 1 is 1.71 bits per heavy atom. The monoisotopic (exact) mass is 198 g/mol. The zero-order valence-corrected chi connectivity index (χ0v) is 8.52. The predicted octanol–water partition coefficient (Wildman–Crippen LogP) is 0.794. The van der Waals surface area contributed by atoms with Crippen LogP contribution in [-0.4, -0.2) is 21.0 Å². The quantitative estimate of drug-likeness (QED) is 0.574. The van der Waals surface area contributed by atoms with Crippen LogP contribution in [0, 0.1) is 17.0 Å². The number of hydrogen-bond donors (Lipinski definition) is 1. The summed E-state index contributed by atoms with van der Waals surface area (Å²) in [7, 11) is 0. The van der Waals surface area contributed by atoms with Gasteiger partial charge in [0.05, 0.1) is 5.54 Å². The van der Waals surface area contributed by atoms with E-state index in [0.29, 0.717) is 12.4 Å². The van der Waals surface area contributed by atoms with E-state index in [0.717, 1.165) is 0 Å². The van der Waals surface area contributed by atoms with Gasteiger partial charge >= 0.3 is 5.82 Å². The molecule has 0 radical (unpaired) electrons. The van der Waals surface area contributed by atoms with Crippen molar-refractivity contribution in [2.75, 3.05) is 6.54 Å². The summed E-state index contributed by atoms with van der Waals surface area (Å²) in [6, 6.07) is 0. The van der Waals surface area contributed by atoms with Gasteiger partial charge in [0.1, 0.15) is 6.20 Å². The van der Waals surface area contributed by atoms with Crippen molar-refractivity contribution >= 4 is 5.82 Å². The summed E-state index contributed by atoms with van der Waals surface area (Å²) in [5.74, 6) is 0.469. The van der Waals surface area contributed by atoms with Gasteiger partial charge < -0.3 is 20.4 Å². The van der Waals surface area contributed by atoms with Crippen molar-refractivity contribution in [1.82, 2.24) is 9.55 Å². The van der Waals surface area contributed by atoms with E-state index in [1.165, 1.54) is 6.20 Å². The third kappa shape index (κ3) is 1.74. The second-order valence-electron chi connectivity index (χ2n) is 3.79. The Bertz CT molecular complexity index is 356. The van der Waals surface area contributed by atoms with Gasteiger partial charge in [-0.25, -0.2) is 0 Å². The van der Waals surface area contributed by atoms with E-state index in [1.807, 2.05) is 13.8 Å². The summed E-state index contributed by atoms with van der Waals surface area (Å²) >= 11 is 0. The standard InChI is InChI=1S/C8H14N4O2/c1-6-10-7(12(13)14)4-11(6)8(2,3)5-9/h4H,5,9H2,1-3H3. The minimum absolute atomic E-state index is 0.135. The van der Waals surface area contributed by atoms with Crippen LogP contribution in [0.3, 0.4) is 0 Å². The van der Waals surface area contributed by atoms with Crippen LogP contribution in [0.1, 0.15) is 19.7 Å². The van der Waals surface area contributed by atoms with Gasteiger partial charge in [0.15, 0.2) is 0 Å². The van der Waals surface area contributed by atoms with Gasteiger partial charge in [-0.15, -0.1) is 0 Å². The lowest BCUT2D eigenvalue weighted by molar-refractivity contribution is -0.389. The van der Waals surface area contributed by atoms with Gasteiger partial charge in [-0.05, 0) is 23.8 Å². The van der Waals surface area contributed by atoms with Crippen LogP contribution in [0.25, 0.3) is 0 Å². The number of imidazole rings is 1. The normalized spacial score (nSPS) is 11.7. The molecule has 0 aliphatic rings. The Labute approximate surface area is 81.9 Å². The molecule has 0 aromatic carbocycles. The summed E-state index contributed by atoms with van der Waals surface area (Å²) in [5.41, 5.74) is 5.23. The molecule has 0 aliphatic heterocycles. The summed E-state index contributed by atoms with van der Waals surface area (Å²) in [6.45, 7) is 5.95. The zero-order valence-electron chi connectivity index (χ0n) is 8.52. The molecule has 6 nitrogen and oxygen atoms in total. The fourth-order valence-electron chi connectivity index (χ4n) is 1.26. The highest BCUT2D eigenvalue weighted by Crippen LogP contribution is 2.20. The first-order valence-electron chi connectivity index (χ1n) is 4.29. The van der Waals surface area contributed by atoms with E-state index in [9.17, 15) is 10.1 Å². The van der Waals surface area contributed by atoms with Gasteiger partial charge in [0, 0.05) is 13.5 Å². The number of nitrogens with zero attached hydrogens (tertiary/aromatic N) is 3. The fraction of sp³-hybridized carbons (Fsp3) is 0.625. The SMILES string of the molecule is Cc1nc([N+](=O)[O-])cn1C(C)(C)CN. The molecule has 1 rings (SSSR count). The molecule has 0 aliphatic carbocycles. The van der Waals surface area contributed by atoms with Crippen molar-refractivity contribution in [3.8, 4) is 0 Å². The molecule has 0 saturated carbocycles. The molecule has 78 valence electrons. The second kappa shape index (κ2) is 3.38. The van der Waals surface area contributed by atoms with E-state index in [1.54, 1.807) is 11.5 Å². The van der Waals surface area contributed by atoms with Crippen molar-refractivity contribution in [1.29, 1.82) is 0 Å². The van der Waals surface area contributed by atoms with E-state index < -0.39 is 4.92 Å². The minimum atomic E-state index is -0.504. The lowest BCUT2D eigenvalue weighted by atomic mass is 10.1. The van der Waals surface area contributed by atoms with Crippen LogP contribution in [0.2, 0.25) is 0 Å². The topological polar surface area (TPSA) is 87.0 Å². The first kappa shape index (κ1) is 10.6. The van der Waals surface area contributed by atoms with E-state index in [-0.39, 0.29) is 11.4 Å². The lowest BCUT2D eigenvalue weighted by Crippen LogP contribution is -2.35. The number of nitro groups is 1. The fourth-order valence-corrected chi connectivity index (χ4v) is 1.26. The molecule has 14 heavy (non-hydrogen) atoms. The smallest absolute Gasteiger partial charge is 0.358 e. The molecule has 0 amide bonds. The summed E-state index contributed by atoms with van der Waals surface area (Å²) in [6.07, 6.45) is 1.42. The highest BCUT2D eigenvalue weighted by molar-refractivity contribution is 5.18. The molecule has 1 aromatic rings. The third-order valence-corrected chi connectivity index (χ3v) is 2.21. The van der Waals surface area contributed by atoms with Crippen molar-refractivity contribution in [2.24, 2.45) is 5.73 Å². The third-order valence-electron chi connectivity index (χ3n) is 2.21. The predicted molar refractivity (Wildman–Crippen MR) is 52.0 cm³/mol. The van der Waals surface area contributed by atoms with Crippen LogP contribution >= 0.6 is 0 Å². The van der Waals surface area contributed by atoms with Crippen molar-refractivity contribution in [3.05, 3.63) is 22.1 Å². The van der Waals surface area contributed by atoms with Crippen LogP contribution < -0.4 is 5.73 Å². The Morgan fingerprint density at radius 2 is 2.29 bits per heavy atom. The summed E-state index contributed by atoms with van der Waals surface area (Å²) < 4.78 is 1.73. The number of nitrogens with two attached hydrogens (primary N) is 1. The molecule has 0 bridgehead atoms. The molecule has 1 aromatic heterocycles. The molecular formula is C8H14N4O2. The van der Waals surface area contributed by atoms with Crippen molar-refractivity contribution in [2.45, 2.75) is 26.3 Å². The van der Waals surface area contributed by atoms with E-state index >= 15 is 0 Å². The average Bonchev–Trinajstić information content (AvgIpc) is 2.48. The second-order valence-corrected chi connectivity index (χ2v) is 3.79. The highest BCUT2D eigenvalue weighted by atomic mass is 16.6. The van der Waals surface area contributed by atoms with Gasteiger partial charge in [0.2, 0.25) is 5.82 Å². The summed E-state index contributed by atoms with van der Waals surface area (Å²) in [4.78, 5) is 13.8. The Kier molecular flexibility index (Phi) is 2.57. The van der Waals surface area contributed by atoms with Gasteiger partial charge in [-0.1, -0.05) is 0 Å². The van der Waals surface area contributed by atoms with Gasteiger partial charge in [-0.2, -0.15) is 0 Å². The molecule has 1 heterocycles. The molecular weight excluding hydrogens is 184 g/mol. The minimum Gasteiger partial charge on any atom is -0.358 e. The number of hydrogen-bond acceptors (Lipinski definition) is 4. The van der Waals surface area contributed by atoms with Crippen molar-refractivity contribution in [3.63, 3.8) is 0 Å². The maximum Gasteiger partial charge on any atom is 0.381 e. The molecule has 6 heteroatoms. The van der Waals surface area contributed by atoms with Gasteiger partial charge in [-0.3, -0.25) is 0 Å². The van der Waals surface area contributed by atoms with E-state index in [2.05, 4.69) is 4.98 Å². The van der Waals surface area contributed by atoms with Crippen molar-refractivity contribution < 1.29 is 4.92 Å². The molecule has 0 atom stereocenters. The molecule has 0 saturated heterocycles. The zero-order chi connectivity index (χ0) is 10.9. The van der Waals surface area contributed by atoms with Crippen LogP contribution in [0.5, 0.6) is 0 Å². The molecule has 0 spiro atoms. The summed E-state index contributed by atoms with van der Waals surface area (Å²) in [5, 5.41) is 10.5. The van der Waals surface area contributed by atoms with Gasteiger partial charge in [0.25, 0.3) is 0 Å². The first-order chi connectivity index (χ1) is 6.38. The van der Waals surface area contributed by atoms with Crippen LogP contribution in [0.4, 0.5) is 5.82 Å². The van der Waals surface area contributed by atoms with Crippen LogP contribution in [-0.2, 0) is 5.54 Å².